The molecule has 0 aliphatic rings. The zero-order valence-electron chi connectivity index (χ0n) is 13.3. The molecule has 1 atom stereocenters. The molecule has 0 fully saturated rings. The molecule has 8 nitrogen and oxygen atoms in total. The van der Waals surface area contributed by atoms with Crippen molar-refractivity contribution >= 4 is 11.7 Å². The van der Waals surface area contributed by atoms with E-state index in [0.717, 1.165) is 11.3 Å². The van der Waals surface area contributed by atoms with Crippen molar-refractivity contribution in [1.82, 2.24) is 29.9 Å². The highest BCUT2D eigenvalue weighted by Gasteiger charge is 2.08. The summed E-state index contributed by atoms with van der Waals surface area (Å²) in [6, 6.07) is 9.27. The Morgan fingerprint density at radius 3 is 2.71 bits per heavy atom. The van der Waals surface area contributed by atoms with Gasteiger partial charge in [0.25, 0.3) is 0 Å². The van der Waals surface area contributed by atoms with Gasteiger partial charge >= 0.3 is 6.03 Å². The third kappa shape index (κ3) is 4.42. The number of hydrogen-bond donors (Lipinski definition) is 2. The van der Waals surface area contributed by atoms with Crippen molar-refractivity contribution in [2.75, 3.05) is 5.32 Å². The Morgan fingerprint density at radius 2 is 2.04 bits per heavy atom. The number of benzene rings is 1. The fourth-order valence-electron chi connectivity index (χ4n) is 2.32. The molecule has 0 radical (unpaired) electrons. The number of nitrogens with one attached hydrogen (secondary N) is 2. The number of rotatable bonds is 6. The van der Waals surface area contributed by atoms with Crippen molar-refractivity contribution in [3.63, 3.8) is 0 Å². The average Bonchev–Trinajstić information content (AvgIpc) is 3.23. The monoisotopic (exact) mass is 325 g/mol. The molecule has 3 rings (SSSR count). The van der Waals surface area contributed by atoms with Crippen molar-refractivity contribution in [1.29, 1.82) is 0 Å². The van der Waals surface area contributed by atoms with E-state index in [-0.39, 0.29) is 12.1 Å². The zero-order chi connectivity index (χ0) is 16.8. The summed E-state index contributed by atoms with van der Waals surface area (Å²) in [4.78, 5) is 15.9. The van der Waals surface area contributed by atoms with Crippen LogP contribution in [0.4, 0.5) is 10.5 Å². The molecular formula is C16H19N7O. The molecule has 1 unspecified atom stereocenters. The molecule has 0 bridgehead atoms. The summed E-state index contributed by atoms with van der Waals surface area (Å²) >= 11 is 0. The fraction of sp³-hybridized carbons (Fsp3) is 0.250. The zero-order valence-corrected chi connectivity index (χ0v) is 13.3. The molecule has 3 aromatic rings. The van der Waals surface area contributed by atoms with Crippen LogP contribution in [0.25, 0.3) is 0 Å². The largest absolute Gasteiger partial charge is 0.334 e. The Hall–Kier alpha value is -3.16. The quantitative estimate of drug-likeness (QED) is 0.722. The molecular weight excluding hydrogens is 306 g/mol. The Labute approximate surface area is 139 Å². The van der Waals surface area contributed by atoms with E-state index in [2.05, 4.69) is 25.8 Å². The smallest absolute Gasteiger partial charge is 0.319 e. The second-order valence-electron chi connectivity index (χ2n) is 5.52. The predicted molar refractivity (Wildman–Crippen MR) is 89.4 cm³/mol. The van der Waals surface area contributed by atoms with E-state index in [0.29, 0.717) is 13.1 Å². The number of aromatic nitrogens is 5. The lowest BCUT2D eigenvalue weighted by molar-refractivity contribution is 0.247. The third-order valence-electron chi connectivity index (χ3n) is 3.42. The van der Waals surface area contributed by atoms with Crippen LogP contribution in [0.2, 0.25) is 0 Å². The number of carbonyl (C=O) groups excluding carboxylic acids is 1. The van der Waals surface area contributed by atoms with E-state index < -0.39 is 0 Å². The number of anilines is 1. The van der Waals surface area contributed by atoms with Crippen LogP contribution in [-0.2, 0) is 13.1 Å². The molecule has 2 N–H and O–H groups in total. The van der Waals surface area contributed by atoms with Gasteiger partial charge in [-0.3, -0.25) is 9.36 Å². The molecule has 124 valence electrons. The maximum atomic E-state index is 12.0. The first-order chi connectivity index (χ1) is 11.7. The Balaban J connectivity index is 1.49. The van der Waals surface area contributed by atoms with Crippen LogP contribution in [-0.4, -0.2) is 36.6 Å². The van der Waals surface area contributed by atoms with Crippen LogP contribution >= 0.6 is 0 Å². The SMILES string of the molecule is CC(Cn1cncn1)NC(=O)Nc1ccc(Cn2cccn2)cc1. The van der Waals surface area contributed by atoms with Gasteiger partial charge in [0.15, 0.2) is 0 Å². The Bertz CT molecular complexity index is 750. The highest BCUT2D eigenvalue weighted by molar-refractivity contribution is 5.89. The lowest BCUT2D eigenvalue weighted by atomic mass is 10.2. The summed E-state index contributed by atoms with van der Waals surface area (Å²) in [5.74, 6) is 0. The maximum absolute atomic E-state index is 12.0. The Morgan fingerprint density at radius 1 is 1.21 bits per heavy atom. The van der Waals surface area contributed by atoms with Gasteiger partial charge in [-0.15, -0.1) is 0 Å². The normalized spacial score (nSPS) is 11.9. The fourth-order valence-corrected chi connectivity index (χ4v) is 2.32. The van der Waals surface area contributed by atoms with Crippen LogP contribution in [0.5, 0.6) is 0 Å². The highest BCUT2D eigenvalue weighted by atomic mass is 16.2. The molecule has 24 heavy (non-hydrogen) atoms. The lowest BCUT2D eigenvalue weighted by Gasteiger charge is -2.14. The van der Waals surface area contributed by atoms with Crippen molar-refractivity contribution < 1.29 is 4.79 Å². The molecule has 1 aromatic carbocycles. The first kappa shape index (κ1) is 15.7. The molecule has 0 saturated heterocycles. The predicted octanol–water partition coefficient (Wildman–Crippen LogP) is 1.73. The molecule has 0 aliphatic carbocycles. The molecule has 0 saturated carbocycles. The van der Waals surface area contributed by atoms with Gasteiger partial charge in [-0.25, -0.2) is 9.78 Å². The highest BCUT2D eigenvalue weighted by Crippen LogP contribution is 2.10. The van der Waals surface area contributed by atoms with Crippen LogP contribution in [0.3, 0.4) is 0 Å². The minimum atomic E-state index is -0.248. The summed E-state index contributed by atoms with van der Waals surface area (Å²) in [6.45, 7) is 3.18. The summed E-state index contributed by atoms with van der Waals surface area (Å²) < 4.78 is 3.52. The van der Waals surface area contributed by atoms with Crippen LogP contribution in [0, 0.1) is 0 Å². The van der Waals surface area contributed by atoms with E-state index in [1.54, 1.807) is 17.2 Å². The van der Waals surface area contributed by atoms with E-state index in [1.165, 1.54) is 6.33 Å². The minimum Gasteiger partial charge on any atom is -0.334 e. The van der Waals surface area contributed by atoms with Gasteiger partial charge in [-0.2, -0.15) is 10.2 Å². The molecule has 8 heteroatoms. The molecule has 2 amide bonds. The third-order valence-corrected chi connectivity index (χ3v) is 3.42. The van der Waals surface area contributed by atoms with Crippen molar-refractivity contribution in [2.45, 2.75) is 26.1 Å². The molecule has 0 spiro atoms. The average molecular weight is 325 g/mol. The van der Waals surface area contributed by atoms with E-state index in [1.807, 2.05) is 48.1 Å². The number of hydrogen-bond acceptors (Lipinski definition) is 4. The van der Waals surface area contributed by atoms with E-state index >= 15 is 0 Å². The summed E-state index contributed by atoms with van der Waals surface area (Å²) in [5.41, 5.74) is 1.86. The number of carbonyl (C=O) groups is 1. The van der Waals surface area contributed by atoms with Gasteiger partial charge in [0.05, 0.1) is 13.1 Å². The summed E-state index contributed by atoms with van der Waals surface area (Å²) in [6.07, 6.45) is 6.75. The second-order valence-corrected chi connectivity index (χ2v) is 5.52. The van der Waals surface area contributed by atoms with E-state index in [4.69, 9.17) is 0 Å². The van der Waals surface area contributed by atoms with Gasteiger partial charge in [0.1, 0.15) is 12.7 Å². The van der Waals surface area contributed by atoms with Gasteiger partial charge < -0.3 is 10.6 Å². The Kier molecular flexibility index (Phi) is 4.85. The lowest BCUT2D eigenvalue weighted by Crippen LogP contribution is -2.38. The molecule has 0 aliphatic heterocycles. The van der Waals surface area contributed by atoms with Crippen molar-refractivity contribution in [3.05, 3.63) is 60.9 Å². The summed E-state index contributed by atoms with van der Waals surface area (Å²) in [7, 11) is 0. The number of nitrogens with zero attached hydrogens (tertiary/aromatic N) is 5. The maximum Gasteiger partial charge on any atom is 0.319 e. The van der Waals surface area contributed by atoms with Gasteiger partial charge in [-0.05, 0) is 30.7 Å². The van der Waals surface area contributed by atoms with Crippen LogP contribution < -0.4 is 10.6 Å². The van der Waals surface area contributed by atoms with Crippen molar-refractivity contribution in [3.8, 4) is 0 Å². The van der Waals surface area contributed by atoms with E-state index in [9.17, 15) is 4.79 Å². The van der Waals surface area contributed by atoms with Gasteiger partial charge in [0, 0.05) is 24.1 Å². The first-order valence-electron chi connectivity index (χ1n) is 7.65. The topological polar surface area (TPSA) is 89.7 Å². The second kappa shape index (κ2) is 7.40. The summed E-state index contributed by atoms with van der Waals surface area (Å²) in [5, 5.41) is 13.9. The molecule has 2 heterocycles. The van der Waals surface area contributed by atoms with Crippen molar-refractivity contribution in [2.24, 2.45) is 0 Å². The van der Waals surface area contributed by atoms with Gasteiger partial charge in [-0.1, -0.05) is 12.1 Å². The molecule has 2 aromatic heterocycles. The minimum absolute atomic E-state index is 0.0641. The van der Waals surface area contributed by atoms with Crippen LogP contribution in [0.15, 0.2) is 55.4 Å². The van der Waals surface area contributed by atoms with Crippen LogP contribution in [0.1, 0.15) is 12.5 Å². The first-order valence-corrected chi connectivity index (χ1v) is 7.65. The van der Waals surface area contributed by atoms with Gasteiger partial charge in [0.2, 0.25) is 0 Å². The standard InChI is InChI=1S/C16H19N7O/c1-13(9-23-12-17-11-19-23)20-16(24)21-15-5-3-14(4-6-15)10-22-8-2-7-18-22/h2-8,11-13H,9-10H2,1H3,(H2,20,21,24). The number of amides is 2. The number of urea groups is 1.